The maximum Gasteiger partial charge on any atom is 0.305 e. The molecule has 43 heavy (non-hydrogen) atoms. The summed E-state index contributed by atoms with van der Waals surface area (Å²) in [4.78, 5) is 40.4. The third-order valence-electron chi connectivity index (χ3n) is 7.18. The lowest BCUT2D eigenvalue weighted by Crippen LogP contribution is -2.35. The van der Waals surface area contributed by atoms with Gasteiger partial charge in [-0.25, -0.2) is 0 Å². The van der Waals surface area contributed by atoms with Gasteiger partial charge in [-0.3, -0.25) is 14.4 Å². The topological polar surface area (TPSA) is 105 Å². The number of carboxylic acid groups (broad SMARTS) is 1. The van der Waals surface area contributed by atoms with E-state index in [1.807, 2.05) is 60.7 Å². The summed E-state index contributed by atoms with van der Waals surface area (Å²) >= 11 is 0. The minimum absolute atomic E-state index is 0.0242. The van der Waals surface area contributed by atoms with Crippen LogP contribution < -0.4 is 14.8 Å². The van der Waals surface area contributed by atoms with Gasteiger partial charge < -0.3 is 24.8 Å². The Morgan fingerprint density at radius 1 is 0.744 bits per heavy atom. The fraction of sp³-hybridized carbons (Fsp3) is 0.229. The van der Waals surface area contributed by atoms with Gasteiger partial charge in [0.15, 0.2) is 0 Å². The zero-order chi connectivity index (χ0) is 30.6. The minimum atomic E-state index is -0.998. The zero-order valence-electron chi connectivity index (χ0n) is 24.4. The summed E-state index contributed by atoms with van der Waals surface area (Å²) in [6.45, 7) is 0.746. The van der Waals surface area contributed by atoms with Crippen molar-refractivity contribution in [2.24, 2.45) is 0 Å². The molecule has 0 aromatic heterocycles. The van der Waals surface area contributed by atoms with Crippen molar-refractivity contribution in [1.29, 1.82) is 0 Å². The van der Waals surface area contributed by atoms with E-state index < -0.39 is 5.97 Å². The molecule has 0 bridgehead atoms. The Morgan fingerprint density at radius 3 is 2.07 bits per heavy atom. The van der Waals surface area contributed by atoms with Crippen LogP contribution in [-0.2, 0) is 17.6 Å². The van der Waals surface area contributed by atoms with E-state index in [0.717, 1.165) is 11.1 Å². The summed E-state index contributed by atoms with van der Waals surface area (Å²) in [7, 11) is 3.15. The molecule has 0 aliphatic heterocycles. The van der Waals surface area contributed by atoms with Gasteiger partial charge in [0, 0.05) is 30.8 Å². The number of aliphatic carboxylic acids is 1. The average Bonchev–Trinajstić information content (AvgIpc) is 3.04. The van der Waals surface area contributed by atoms with Crippen LogP contribution in [0.25, 0.3) is 11.1 Å². The molecule has 0 aliphatic carbocycles. The Bertz CT molecular complexity index is 1550. The van der Waals surface area contributed by atoms with Crippen molar-refractivity contribution >= 4 is 17.8 Å². The molecule has 0 unspecified atom stereocenters. The molecule has 0 atom stereocenters. The van der Waals surface area contributed by atoms with E-state index in [-0.39, 0.29) is 31.3 Å². The highest BCUT2D eigenvalue weighted by atomic mass is 16.5. The van der Waals surface area contributed by atoms with Gasteiger partial charge in [-0.2, -0.15) is 0 Å². The molecule has 0 spiro atoms. The second-order valence-electron chi connectivity index (χ2n) is 9.95. The van der Waals surface area contributed by atoms with E-state index in [1.54, 1.807) is 50.6 Å². The maximum absolute atomic E-state index is 14.0. The molecule has 4 aromatic rings. The molecular formula is C35H36N2O6. The molecule has 222 valence electrons. The fourth-order valence-corrected chi connectivity index (χ4v) is 4.93. The normalized spacial score (nSPS) is 10.6. The lowest BCUT2D eigenvalue weighted by atomic mass is 9.94. The number of hydrogen-bond acceptors (Lipinski definition) is 5. The van der Waals surface area contributed by atoms with Crippen molar-refractivity contribution in [2.75, 3.05) is 33.9 Å². The van der Waals surface area contributed by atoms with Gasteiger partial charge >= 0.3 is 5.97 Å². The summed E-state index contributed by atoms with van der Waals surface area (Å²) in [6, 6.07) is 29.6. The third kappa shape index (κ3) is 8.23. The molecule has 0 fully saturated rings. The van der Waals surface area contributed by atoms with Crippen molar-refractivity contribution in [3.05, 3.63) is 119 Å². The summed E-state index contributed by atoms with van der Waals surface area (Å²) in [5.41, 5.74) is 4.02. The highest BCUT2D eigenvalue weighted by Crippen LogP contribution is 2.29. The first-order valence-electron chi connectivity index (χ1n) is 14.1. The number of benzene rings is 4. The molecule has 0 saturated carbocycles. The fourth-order valence-electron chi connectivity index (χ4n) is 4.93. The van der Waals surface area contributed by atoms with Gasteiger partial charge in [0.2, 0.25) is 0 Å². The molecule has 8 heteroatoms. The van der Waals surface area contributed by atoms with Crippen LogP contribution in [0.3, 0.4) is 0 Å². The maximum atomic E-state index is 14.0. The van der Waals surface area contributed by atoms with E-state index in [1.165, 1.54) is 4.90 Å². The number of nitrogens with one attached hydrogen (secondary N) is 1. The quantitative estimate of drug-likeness (QED) is 0.204. The molecular weight excluding hydrogens is 544 g/mol. The number of nitrogens with zero attached hydrogens (tertiary/aromatic N) is 1. The molecule has 4 rings (SSSR count). The van der Waals surface area contributed by atoms with Gasteiger partial charge in [0.05, 0.1) is 20.6 Å². The number of carbonyl (C=O) groups excluding carboxylic acids is 2. The number of carbonyl (C=O) groups is 3. The Kier molecular flexibility index (Phi) is 10.9. The van der Waals surface area contributed by atoms with Gasteiger partial charge in [0.25, 0.3) is 11.8 Å². The van der Waals surface area contributed by atoms with Crippen LogP contribution in [0.1, 0.15) is 38.3 Å². The number of ether oxygens (including phenoxy) is 2. The molecule has 8 nitrogen and oxygen atoms in total. The summed E-state index contributed by atoms with van der Waals surface area (Å²) in [5, 5.41) is 12.4. The van der Waals surface area contributed by atoms with Crippen molar-refractivity contribution < 1.29 is 29.0 Å². The monoisotopic (exact) mass is 580 g/mol. The van der Waals surface area contributed by atoms with Crippen molar-refractivity contribution in [3.63, 3.8) is 0 Å². The van der Waals surface area contributed by atoms with E-state index in [9.17, 15) is 19.5 Å². The third-order valence-corrected chi connectivity index (χ3v) is 7.18. The number of hydrogen-bond donors (Lipinski definition) is 2. The number of amides is 2. The van der Waals surface area contributed by atoms with E-state index in [2.05, 4.69) is 5.32 Å². The van der Waals surface area contributed by atoms with Crippen molar-refractivity contribution in [3.8, 4) is 22.6 Å². The smallest absolute Gasteiger partial charge is 0.305 e. The molecule has 0 aliphatic rings. The van der Waals surface area contributed by atoms with Crippen LogP contribution in [0.15, 0.2) is 97.1 Å². The summed E-state index contributed by atoms with van der Waals surface area (Å²) in [6.07, 6.45) is 0.915. The standard InChI is InChI=1S/C35H36N2O6/c1-42-27-16-17-32(43-2)26(24-27)19-22-37(23-20-33(38)39)35(41)31-15-9-7-13-29(31)28-12-6-8-14-30(28)34(40)36-21-18-25-10-4-3-5-11-25/h3-17,24H,18-23H2,1-2H3,(H,36,40)(H,38,39). The Balaban J connectivity index is 1.59. The molecule has 2 N–H and O–H groups in total. The van der Waals surface area contributed by atoms with Crippen LogP contribution in [0.5, 0.6) is 11.5 Å². The van der Waals surface area contributed by atoms with Crippen LogP contribution >= 0.6 is 0 Å². The molecule has 0 radical (unpaired) electrons. The Morgan fingerprint density at radius 2 is 1.40 bits per heavy atom. The predicted molar refractivity (Wildman–Crippen MR) is 166 cm³/mol. The van der Waals surface area contributed by atoms with Crippen molar-refractivity contribution in [1.82, 2.24) is 10.2 Å². The molecule has 0 saturated heterocycles. The summed E-state index contributed by atoms with van der Waals surface area (Å²) < 4.78 is 10.8. The molecule has 0 heterocycles. The van der Waals surface area contributed by atoms with Gasteiger partial charge in [-0.15, -0.1) is 0 Å². The van der Waals surface area contributed by atoms with E-state index in [4.69, 9.17) is 9.47 Å². The number of methoxy groups -OCH3 is 2. The van der Waals surface area contributed by atoms with Gasteiger partial charge in [0.1, 0.15) is 11.5 Å². The van der Waals surface area contributed by atoms with Crippen LogP contribution in [-0.4, -0.2) is 61.6 Å². The number of carboxylic acids is 1. The number of rotatable bonds is 14. The highest BCUT2D eigenvalue weighted by molar-refractivity contribution is 6.06. The second-order valence-corrected chi connectivity index (χ2v) is 9.95. The van der Waals surface area contributed by atoms with Crippen LogP contribution in [0.2, 0.25) is 0 Å². The Hall–Kier alpha value is -5.11. The first kappa shape index (κ1) is 30.8. The predicted octanol–water partition coefficient (Wildman–Crippen LogP) is 5.50. The Labute approximate surface area is 251 Å². The van der Waals surface area contributed by atoms with Crippen molar-refractivity contribution in [2.45, 2.75) is 19.3 Å². The second kappa shape index (κ2) is 15.2. The first-order chi connectivity index (χ1) is 20.9. The van der Waals surface area contributed by atoms with Gasteiger partial charge in [-0.05, 0) is 65.4 Å². The largest absolute Gasteiger partial charge is 0.497 e. The average molecular weight is 581 g/mol. The first-order valence-corrected chi connectivity index (χ1v) is 14.1. The van der Waals surface area contributed by atoms with E-state index >= 15 is 0 Å². The van der Waals surface area contributed by atoms with Crippen LogP contribution in [0, 0.1) is 0 Å². The molecule has 2 amide bonds. The highest BCUT2D eigenvalue weighted by Gasteiger charge is 2.23. The zero-order valence-corrected chi connectivity index (χ0v) is 24.4. The lowest BCUT2D eigenvalue weighted by molar-refractivity contribution is -0.137. The van der Waals surface area contributed by atoms with Crippen LogP contribution in [0.4, 0.5) is 0 Å². The van der Waals surface area contributed by atoms with Gasteiger partial charge in [-0.1, -0.05) is 66.7 Å². The SMILES string of the molecule is COc1ccc(OC)c(CCN(CCC(=O)O)C(=O)c2ccccc2-c2ccccc2C(=O)NCCc2ccccc2)c1. The van der Waals surface area contributed by atoms with E-state index in [0.29, 0.717) is 53.1 Å². The lowest BCUT2D eigenvalue weighted by Gasteiger charge is -2.24. The summed E-state index contributed by atoms with van der Waals surface area (Å²) in [5.74, 6) is -0.246. The molecule has 4 aromatic carbocycles. The minimum Gasteiger partial charge on any atom is -0.497 e.